The SMILES string of the molecule is Cc1cc(Nc2cccc(NCc3ccc4c(=O)[nH][nH]c4c3)n2)n[nH]1. The van der Waals surface area contributed by atoms with Gasteiger partial charge in [0, 0.05) is 18.3 Å². The maximum Gasteiger partial charge on any atom is 0.271 e. The fourth-order valence-corrected chi connectivity index (χ4v) is 2.60. The molecule has 3 aromatic heterocycles. The molecule has 8 nitrogen and oxygen atoms in total. The molecule has 126 valence electrons. The van der Waals surface area contributed by atoms with E-state index in [4.69, 9.17) is 0 Å². The zero-order valence-corrected chi connectivity index (χ0v) is 13.6. The van der Waals surface area contributed by atoms with Crippen molar-refractivity contribution in [2.45, 2.75) is 13.5 Å². The number of aryl methyl sites for hydroxylation is 1. The Morgan fingerprint density at radius 3 is 2.76 bits per heavy atom. The Bertz CT molecular complexity index is 1080. The lowest BCUT2D eigenvalue weighted by molar-refractivity contribution is 1.05. The molecule has 0 aliphatic rings. The van der Waals surface area contributed by atoms with E-state index in [1.54, 1.807) is 0 Å². The summed E-state index contributed by atoms with van der Waals surface area (Å²) in [7, 11) is 0. The number of benzene rings is 1. The van der Waals surface area contributed by atoms with Gasteiger partial charge < -0.3 is 10.6 Å². The average Bonchev–Trinajstić information content (AvgIpc) is 3.19. The Morgan fingerprint density at radius 1 is 1.04 bits per heavy atom. The summed E-state index contributed by atoms with van der Waals surface area (Å²) in [5.74, 6) is 2.19. The van der Waals surface area contributed by atoms with Gasteiger partial charge >= 0.3 is 0 Å². The fourth-order valence-electron chi connectivity index (χ4n) is 2.60. The second-order valence-electron chi connectivity index (χ2n) is 5.78. The Kier molecular flexibility index (Phi) is 3.70. The van der Waals surface area contributed by atoms with E-state index < -0.39 is 0 Å². The zero-order chi connectivity index (χ0) is 17.2. The van der Waals surface area contributed by atoms with E-state index in [0.29, 0.717) is 17.7 Å². The number of H-pyrrole nitrogens is 3. The summed E-state index contributed by atoms with van der Waals surface area (Å²) in [4.78, 5) is 16.1. The van der Waals surface area contributed by atoms with Crippen LogP contribution in [0.2, 0.25) is 0 Å². The van der Waals surface area contributed by atoms with Crippen LogP contribution in [-0.4, -0.2) is 25.4 Å². The number of aromatic nitrogens is 5. The number of pyridine rings is 1. The summed E-state index contributed by atoms with van der Waals surface area (Å²) < 4.78 is 0. The highest BCUT2D eigenvalue weighted by Crippen LogP contribution is 2.16. The van der Waals surface area contributed by atoms with Crippen LogP contribution in [0.1, 0.15) is 11.3 Å². The summed E-state index contributed by atoms with van der Waals surface area (Å²) in [6, 6.07) is 13.3. The van der Waals surface area contributed by atoms with Gasteiger partial charge in [-0.2, -0.15) is 5.10 Å². The van der Waals surface area contributed by atoms with Gasteiger partial charge in [0.2, 0.25) is 0 Å². The lowest BCUT2D eigenvalue weighted by atomic mass is 10.1. The highest BCUT2D eigenvalue weighted by molar-refractivity contribution is 5.78. The number of hydrogen-bond donors (Lipinski definition) is 5. The summed E-state index contributed by atoms with van der Waals surface area (Å²) in [5.41, 5.74) is 2.71. The molecule has 0 unspecified atom stereocenters. The first-order chi connectivity index (χ1) is 12.2. The van der Waals surface area contributed by atoms with Crippen molar-refractivity contribution in [3.05, 3.63) is 64.1 Å². The first-order valence-electron chi connectivity index (χ1n) is 7.87. The lowest BCUT2D eigenvalue weighted by Crippen LogP contribution is -2.03. The molecule has 0 spiro atoms. The van der Waals surface area contributed by atoms with Crippen LogP contribution < -0.4 is 16.2 Å². The summed E-state index contributed by atoms with van der Waals surface area (Å²) in [6.07, 6.45) is 0. The van der Waals surface area contributed by atoms with Crippen LogP contribution in [0, 0.1) is 6.92 Å². The van der Waals surface area contributed by atoms with Crippen LogP contribution in [0.3, 0.4) is 0 Å². The predicted molar refractivity (Wildman–Crippen MR) is 97.1 cm³/mol. The van der Waals surface area contributed by atoms with E-state index in [9.17, 15) is 4.79 Å². The highest BCUT2D eigenvalue weighted by atomic mass is 16.1. The molecule has 25 heavy (non-hydrogen) atoms. The van der Waals surface area contributed by atoms with Crippen LogP contribution in [-0.2, 0) is 6.54 Å². The third-order valence-electron chi connectivity index (χ3n) is 3.82. The molecule has 0 bridgehead atoms. The Hall–Kier alpha value is -3.55. The van der Waals surface area contributed by atoms with E-state index in [2.05, 4.69) is 36.0 Å². The van der Waals surface area contributed by atoms with Crippen molar-refractivity contribution in [2.24, 2.45) is 0 Å². The van der Waals surface area contributed by atoms with E-state index >= 15 is 0 Å². The van der Waals surface area contributed by atoms with Gasteiger partial charge in [0.1, 0.15) is 11.6 Å². The molecule has 0 saturated heterocycles. The number of fused-ring (bicyclic) bond motifs is 1. The smallest absolute Gasteiger partial charge is 0.271 e. The number of rotatable bonds is 5. The molecule has 4 rings (SSSR count). The van der Waals surface area contributed by atoms with Crippen LogP contribution in [0.15, 0.2) is 47.3 Å². The van der Waals surface area contributed by atoms with Crippen molar-refractivity contribution in [1.29, 1.82) is 0 Å². The van der Waals surface area contributed by atoms with Gasteiger partial charge in [-0.05, 0) is 36.8 Å². The first-order valence-corrected chi connectivity index (χ1v) is 7.87. The van der Waals surface area contributed by atoms with Gasteiger partial charge in [0.25, 0.3) is 5.56 Å². The number of anilines is 3. The number of aromatic amines is 3. The molecule has 0 saturated carbocycles. The molecular weight excluding hydrogens is 318 g/mol. The Labute approximate surface area is 142 Å². The summed E-state index contributed by atoms with van der Waals surface area (Å²) in [5, 5.41) is 19.6. The van der Waals surface area contributed by atoms with Crippen LogP contribution in [0.25, 0.3) is 10.9 Å². The monoisotopic (exact) mass is 335 g/mol. The Morgan fingerprint density at radius 2 is 1.92 bits per heavy atom. The maximum atomic E-state index is 11.5. The summed E-state index contributed by atoms with van der Waals surface area (Å²) >= 11 is 0. The third kappa shape index (κ3) is 3.23. The van der Waals surface area contributed by atoms with Gasteiger partial charge in [0.15, 0.2) is 5.82 Å². The maximum absolute atomic E-state index is 11.5. The minimum atomic E-state index is -0.108. The third-order valence-corrected chi connectivity index (χ3v) is 3.82. The zero-order valence-electron chi connectivity index (χ0n) is 13.6. The lowest BCUT2D eigenvalue weighted by Gasteiger charge is -2.08. The molecule has 1 aromatic carbocycles. The van der Waals surface area contributed by atoms with Crippen LogP contribution in [0.5, 0.6) is 0 Å². The van der Waals surface area contributed by atoms with Crippen LogP contribution in [0.4, 0.5) is 17.5 Å². The largest absolute Gasteiger partial charge is 0.366 e. The van der Waals surface area contributed by atoms with Gasteiger partial charge in [-0.3, -0.25) is 20.1 Å². The van der Waals surface area contributed by atoms with Crippen molar-refractivity contribution < 1.29 is 0 Å². The minimum Gasteiger partial charge on any atom is -0.366 e. The molecule has 0 atom stereocenters. The standard InChI is InChI=1S/C17H17N7O/c1-10-7-16(23-21-10)20-15-4-2-3-14(19-15)18-9-11-5-6-12-13(8-11)22-24-17(12)25/h2-8H,9H2,1H3,(H2,22,24,25)(H3,18,19,20,21,23). The van der Waals surface area contributed by atoms with Crippen molar-refractivity contribution >= 4 is 28.4 Å². The molecule has 4 aromatic rings. The van der Waals surface area contributed by atoms with Gasteiger partial charge in [-0.1, -0.05) is 12.1 Å². The Balaban J connectivity index is 1.46. The summed E-state index contributed by atoms with van der Waals surface area (Å²) in [6.45, 7) is 2.54. The van der Waals surface area contributed by atoms with Crippen molar-refractivity contribution in [3.8, 4) is 0 Å². The van der Waals surface area contributed by atoms with E-state index in [0.717, 1.165) is 28.4 Å². The quantitative estimate of drug-likeness (QED) is 0.385. The highest BCUT2D eigenvalue weighted by Gasteiger charge is 2.04. The van der Waals surface area contributed by atoms with Gasteiger partial charge in [-0.15, -0.1) is 0 Å². The predicted octanol–water partition coefficient (Wildman–Crippen LogP) is 2.64. The molecule has 0 radical (unpaired) electrons. The number of nitrogens with zero attached hydrogens (tertiary/aromatic N) is 2. The second kappa shape index (κ2) is 6.16. The van der Waals surface area contributed by atoms with Crippen molar-refractivity contribution in [2.75, 3.05) is 10.6 Å². The van der Waals surface area contributed by atoms with Crippen LogP contribution >= 0.6 is 0 Å². The minimum absolute atomic E-state index is 0.108. The molecule has 8 heteroatoms. The molecule has 3 heterocycles. The van der Waals surface area contributed by atoms with E-state index in [-0.39, 0.29) is 5.56 Å². The second-order valence-corrected chi connectivity index (χ2v) is 5.78. The fraction of sp³-hybridized carbons (Fsp3) is 0.118. The molecule has 0 aliphatic carbocycles. The molecule has 0 aliphatic heterocycles. The molecule has 0 amide bonds. The van der Waals surface area contributed by atoms with Crippen molar-refractivity contribution in [3.63, 3.8) is 0 Å². The molecule has 5 N–H and O–H groups in total. The molecular formula is C17H17N7O. The molecule has 0 fully saturated rings. The normalized spacial score (nSPS) is 10.9. The van der Waals surface area contributed by atoms with Crippen molar-refractivity contribution in [1.82, 2.24) is 25.4 Å². The average molecular weight is 335 g/mol. The van der Waals surface area contributed by atoms with Gasteiger partial charge in [-0.25, -0.2) is 4.98 Å². The number of nitrogens with one attached hydrogen (secondary N) is 5. The van der Waals surface area contributed by atoms with E-state index in [1.165, 1.54) is 0 Å². The first kappa shape index (κ1) is 15.0. The van der Waals surface area contributed by atoms with Gasteiger partial charge in [0.05, 0.1) is 10.9 Å². The van der Waals surface area contributed by atoms with E-state index in [1.807, 2.05) is 49.4 Å². The number of hydrogen-bond acceptors (Lipinski definition) is 5. The topological polar surface area (TPSA) is 114 Å².